The van der Waals surface area contributed by atoms with Gasteiger partial charge in [0.1, 0.15) is 11.2 Å². The van der Waals surface area contributed by atoms with Crippen LogP contribution in [-0.2, 0) is 0 Å². The Balaban J connectivity index is 2.13. The molecule has 1 unspecified atom stereocenters. The molecular formula is C15H17N5O2S2. The number of hydrogen-bond acceptors (Lipinski definition) is 7. The van der Waals surface area contributed by atoms with Gasteiger partial charge in [0, 0.05) is 18.0 Å². The number of thioether (sulfide) groups is 1. The number of thiocyanates is 1. The minimum Gasteiger partial charge on any atom is -0.465 e. The minimum atomic E-state index is -1.07. The van der Waals surface area contributed by atoms with Gasteiger partial charge in [0.15, 0.2) is 5.13 Å². The Hall–Kier alpha value is -2.31. The summed E-state index contributed by atoms with van der Waals surface area (Å²) < 4.78 is 0.801. The molecule has 0 aliphatic carbocycles. The van der Waals surface area contributed by atoms with E-state index in [1.165, 1.54) is 11.3 Å². The summed E-state index contributed by atoms with van der Waals surface area (Å²) in [7, 11) is 0. The van der Waals surface area contributed by atoms with Crippen molar-refractivity contribution in [2.45, 2.75) is 31.0 Å². The number of hydrogen-bond donors (Lipinski definition) is 3. The van der Waals surface area contributed by atoms with Crippen LogP contribution in [0, 0.1) is 16.1 Å². The van der Waals surface area contributed by atoms with Crippen molar-refractivity contribution in [3.8, 4) is 5.40 Å². The molecule has 0 aliphatic rings. The number of carboxylic acid groups (broad SMARTS) is 1. The maximum Gasteiger partial charge on any atom is 0.405 e. The highest BCUT2D eigenvalue weighted by Crippen LogP contribution is 2.33. The van der Waals surface area contributed by atoms with Crippen molar-refractivity contribution < 1.29 is 9.90 Å². The average Bonchev–Trinajstić information content (AvgIpc) is 2.92. The molecule has 1 atom stereocenters. The molecule has 2 rings (SSSR count). The molecule has 2 aromatic heterocycles. The summed E-state index contributed by atoms with van der Waals surface area (Å²) in [6, 6.07) is 3.24. The van der Waals surface area contributed by atoms with Crippen molar-refractivity contribution in [3.05, 3.63) is 30.1 Å². The van der Waals surface area contributed by atoms with Crippen molar-refractivity contribution in [2.75, 3.05) is 5.32 Å². The first-order chi connectivity index (χ1) is 11.3. The predicted molar refractivity (Wildman–Crippen MR) is 94.5 cm³/mol. The number of nitriles is 1. The Morgan fingerprint density at radius 1 is 1.38 bits per heavy atom. The molecule has 0 saturated heterocycles. The van der Waals surface area contributed by atoms with Crippen LogP contribution in [-0.4, -0.2) is 21.2 Å². The second-order valence-electron chi connectivity index (χ2n) is 6.03. The second kappa shape index (κ2) is 7.51. The van der Waals surface area contributed by atoms with Crippen LogP contribution in [0.3, 0.4) is 0 Å². The van der Waals surface area contributed by atoms with Crippen LogP contribution in [0.4, 0.5) is 15.7 Å². The van der Waals surface area contributed by atoms with Crippen LogP contribution in [0.2, 0.25) is 0 Å². The summed E-state index contributed by atoms with van der Waals surface area (Å²) in [6.45, 7) is 5.89. The van der Waals surface area contributed by atoms with Crippen molar-refractivity contribution in [1.82, 2.24) is 15.3 Å². The van der Waals surface area contributed by atoms with E-state index >= 15 is 0 Å². The standard InChI is InChI=1S/C15H17N5O2S2/c1-15(2,3)12(20-14(21)22)9-4-5-10(17-6-9)19-13-18-7-11(24-13)23-8-16/h4-7,12,20H,1-3H3,(H,21,22)(H,17,18,19). The molecule has 0 saturated carbocycles. The van der Waals surface area contributed by atoms with Crippen LogP contribution >= 0.6 is 23.1 Å². The van der Waals surface area contributed by atoms with Crippen LogP contribution in [0.5, 0.6) is 0 Å². The molecule has 0 aromatic carbocycles. The number of nitrogens with zero attached hydrogens (tertiary/aromatic N) is 3. The lowest BCUT2D eigenvalue weighted by atomic mass is 9.83. The van der Waals surface area contributed by atoms with Crippen molar-refractivity contribution in [3.63, 3.8) is 0 Å². The van der Waals surface area contributed by atoms with E-state index in [2.05, 4.69) is 20.6 Å². The number of rotatable bonds is 5. The Bertz CT molecular complexity index is 746. The summed E-state index contributed by atoms with van der Waals surface area (Å²) in [5.74, 6) is 0.601. The number of anilines is 2. The topological polar surface area (TPSA) is 111 Å². The fourth-order valence-corrected chi connectivity index (χ4v) is 3.36. The largest absolute Gasteiger partial charge is 0.465 e. The third kappa shape index (κ3) is 4.84. The van der Waals surface area contributed by atoms with Gasteiger partial charge < -0.3 is 15.7 Å². The second-order valence-corrected chi connectivity index (χ2v) is 8.14. The van der Waals surface area contributed by atoms with Gasteiger partial charge in [0.2, 0.25) is 0 Å². The summed E-state index contributed by atoms with van der Waals surface area (Å²) in [6.07, 6.45) is 2.21. The molecule has 0 aliphatic heterocycles. The zero-order chi connectivity index (χ0) is 17.7. The van der Waals surface area contributed by atoms with E-state index in [9.17, 15) is 4.79 Å². The average molecular weight is 363 g/mol. The molecular weight excluding hydrogens is 346 g/mol. The fraction of sp³-hybridized carbons (Fsp3) is 0.333. The maximum atomic E-state index is 11.0. The van der Waals surface area contributed by atoms with Crippen molar-refractivity contribution in [1.29, 1.82) is 5.26 Å². The Kier molecular flexibility index (Phi) is 5.64. The van der Waals surface area contributed by atoms with Crippen molar-refractivity contribution >= 4 is 40.1 Å². The smallest absolute Gasteiger partial charge is 0.405 e. The van der Waals surface area contributed by atoms with Gasteiger partial charge in [-0.25, -0.2) is 14.8 Å². The first-order valence-electron chi connectivity index (χ1n) is 7.04. The Labute approximate surface area is 148 Å². The molecule has 1 amide bonds. The molecule has 0 fully saturated rings. The van der Waals surface area contributed by atoms with Gasteiger partial charge in [0.25, 0.3) is 0 Å². The maximum absolute atomic E-state index is 11.0. The monoisotopic (exact) mass is 363 g/mol. The number of carbonyl (C=O) groups is 1. The molecule has 2 aromatic rings. The van der Waals surface area contributed by atoms with Gasteiger partial charge in [-0.05, 0) is 17.0 Å². The number of thiazole rings is 1. The summed E-state index contributed by atoms with van der Waals surface area (Å²) in [5.41, 5.74) is 0.503. The summed E-state index contributed by atoms with van der Waals surface area (Å²) in [4.78, 5) is 19.5. The molecule has 24 heavy (non-hydrogen) atoms. The van der Waals surface area contributed by atoms with Crippen LogP contribution in [0.1, 0.15) is 32.4 Å². The molecule has 0 radical (unpaired) electrons. The third-order valence-electron chi connectivity index (χ3n) is 3.12. The predicted octanol–water partition coefficient (Wildman–Crippen LogP) is 4.21. The zero-order valence-corrected chi connectivity index (χ0v) is 15.0. The van der Waals surface area contributed by atoms with Gasteiger partial charge in [-0.15, -0.1) is 0 Å². The summed E-state index contributed by atoms with van der Waals surface area (Å²) >= 11 is 2.42. The lowest BCUT2D eigenvalue weighted by Crippen LogP contribution is -2.35. The Morgan fingerprint density at radius 2 is 2.12 bits per heavy atom. The van der Waals surface area contributed by atoms with Gasteiger partial charge in [0.05, 0.1) is 16.4 Å². The quantitative estimate of drug-likeness (QED) is 0.539. The van der Waals surface area contributed by atoms with E-state index in [0.29, 0.717) is 10.9 Å². The van der Waals surface area contributed by atoms with E-state index in [1.54, 1.807) is 18.5 Å². The van der Waals surface area contributed by atoms with Gasteiger partial charge in [-0.2, -0.15) is 5.26 Å². The Morgan fingerprint density at radius 3 is 2.67 bits per heavy atom. The van der Waals surface area contributed by atoms with E-state index in [-0.39, 0.29) is 11.5 Å². The molecule has 0 bridgehead atoms. The lowest BCUT2D eigenvalue weighted by Gasteiger charge is -2.30. The first-order valence-corrected chi connectivity index (χ1v) is 8.67. The van der Waals surface area contributed by atoms with Gasteiger partial charge in [-0.3, -0.25) is 0 Å². The van der Waals surface area contributed by atoms with Gasteiger partial charge in [-0.1, -0.05) is 38.2 Å². The molecule has 0 spiro atoms. The fourth-order valence-electron chi connectivity index (χ4n) is 2.09. The highest BCUT2D eigenvalue weighted by Gasteiger charge is 2.28. The third-order valence-corrected chi connectivity index (χ3v) is 4.72. The first kappa shape index (κ1) is 18.0. The zero-order valence-electron chi connectivity index (χ0n) is 13.4. The lowest BCUT2D eigenvalue weighted by molar-refractivity contribution is 0.175. The van der Waals surface area contributed by atoms with E-state index in [0.717, 1.165) is 21.5 Å². The highest BCUT2D eigenvalue weighted by atomic mass is 32.2. The van der Waals surface area contributed by atoms with E-state index < -0.39 is 6.09 Å². The molecule has 126 valence electrons. The summed E-state index contributed by atoms with van der Waals surface area (Å²) in [5, 5.41) is 25.9. The SMILES string of the molecule is CC(C)(C)C(NC(=O)O)c1ccc(Nc2ncc(SC#N)s2)nc1. The normalized spacial score (nSPS) is 12.2. The number of nitrogens with one attached hydrogen (secondary N) is 2. The van der Waals surface area contributed by atoms with Crippen LogP contribution in [0.25, 0.3) is 0 Å². The number of pyridine rings is 1. The van der Waals surface area contributed by atoms with Crippen LogP contribution < -0.4 is 10.6 Å². The minimum absolute atomic E-state index is 0.284. The van der Waals surface area contributed by atoms with Gasteiger partial charge >= 0.3 is 6.09 Å². The van der Waals surface area contributed by atoms with E-state index in [4.69, 9.17) is 10.4 Å². The molecule has 7 nitrogen and oxygen atoms in total. The molecule has 9 heteroatoms. The molecule has 3 N–H and O–H groups in total. The van der Waals surface area contributed by atoms with Crippen molar-refractivity contribution in [2.24, 2.45) is 5.41 Å². The highest BCUT2D eigenvalue weighted by molar-refractivity contribution is 8.05. The van der Waals surface area contributed by atoms with E-state index in [1.807, 2.05) is 32.2 Å². The molecule has 2 heterocycles. The number of amides is 1. The van der Waals surface area contributed by atoms with Crippen LogP contribution in [0.15, 0.2) is 28.7 Å². The number of aromatic nitrogens is 2.